The van der Waals surface area contributed by atoms with Gasteiger partial charge in [0.25, 0.3) is 0 Å². The van der Waals surface area contributed by atoms with E-state index in [1.54, 1.807) is 23.5 Å². The van der Waals surface area contributed by atoms with Gasteiger partial charge in [0.1, 0.15) is 10.8 Å². The SMILES string of the molecule is CC(Cc1ccc(F)cc1)C(=O)NCc1nc(CN2CCOCC2)cs1. The molecule has 1 amide bonds. The summed E-state index contributed by atoms with van der Waals surface area (Å²) in [6.45, 7) is 6.58. The number of nitrogens with one attached hydrogen (secondary N) is 1. The summed E-state index contributed by atoms with van der Waals surface area (Å²) < 4.78 is 18.3. The van der Waals surface area contributed by atoms with Gasteiger partial charge in [-0.15, -0.1) is 11.3 Å². The Bertz CT molecular complexity index is 714. The van der Waals surface area contributed by atoms with E-state index in [1.807, 2.05) is 6.92 Å². The maximum atomic E-state index is 12.9. The van der Waals surface area contributed by atoms with Crippen molar-refractivity contribution in [3.05, 3.63) is 51.7 Å². The van der Waals surface area contributed by atoms with E-state index in [9.17, 15) is 9.18 Å². The summed E-state index contributed by atoms with van der Waals surface area (Å²) >= 11 is 1.57. The van der Waals surface area contributed by atoms with Crippen molar-refractivity contribution in [2.75, 3.05) is 26.3 Å². The first-order valence-corrected chi connectivity index (χ1v) is 9.73. The van der Waals surface area contributed by atoms with Crippen molar-refractivity contribution in [2.24, 2.45) is 5.92 Å². The second-order valence-electron chi connectivity index (χ2n) is 6.57. The molecule has 1 aliphatic rings. The van der Waals surface area contributed by atoms with Gasteiger partial charge in [0.2, 0.25) is 5.91 Å². The average Bonchev–Trinajstić information content (AvgIpc) is 3.09. The number of carbonyl (C=O) groups excluding carboxylic acids is 1. The third kappa shape index (κ3) is 5.59. The summed E-state index contributed by atoms with van der Waals surface area (Å²) in [7, 11) is 0. The fraction of sp³-hybridized carbons (Fsp3) is 0.474. The maximum absolute atomic E-state index is 12.9. The highest BCUT2D eigenvalue weighted by molar-refractivity contribution is 7.09. The van der Waals surface area contributed by atoms with Crippen molar-refractivity contribution in [2.45, 2.75) is 26.4 Å². The van der Waals surface area contributed by atoms with Crippen molar-refractivity contribution in [1.29, 1.82) is 0 Å². The standard InChI is InChI=1S/C19H24FN3O2S/c1-14(10-15-2-4-16(20)5-3-15)19(24)21-11-18-22-17(13-26-18)12-23-6-8-25-9-7-23/h2-5,13-14H,6-12H2,1H3,(H,21,24). The van der Waals surface area contributed by atoms with Gasteiger partial charge in [-0.05, 0) is 24.1 Å². The third-order valence-electron chi connectivity index (χ3n) is 4.41. The molecule has 0 saturated carbocycles. The molecule has 7 heteroatoms. The lowest BCUT2D eigenvalue weighted by Crippen LogP contribution is -2.35. The maximum Gasteiger partial charge on any atom is 0.223 e. The van der Waals surface area contributed by atoms with Gasteiger partial charge in [0.15, 0.2) is 0 Å². The number of rotatable bonds is 7. The van der Waals surface area contributed by atoms with E-state index >= 15 is 0 Å². The minimum absolute atomic E-state index is 0.0146. The summed E-state index contributed by atoms with van der Waals surface area (Å²) in [5.41, 5.74) is 2.00. The van der Waals surface area contributed by atoms with Crippen molar-refractivity contribution in [3.63, 3.8) is 0 Å². The van der Waals surface area contributed by atoms with Gasteiger partial charge in [0.05, 0.1) is 25.5 Å². The number of hydrogen-bond acceptors (Lipinski definition) is 5. The van der Waals surface area contributed by atoms with Crippen LogP contribution in [-0.2, 0) is 29.0 Å². The van der Waals surface area contributed by atoms with E-state index in [0.29, 0.717) is 13.0 Å². The Balaban J connectivity index is 1.44. The van der Waals surface area contributed by atoms with E-state index in [-0.39, 0.29) is 17.6 Å². The molecule has 1 aromatic carbocycles. The van der Waals surface area contributed by atoms with Crippen molar-refractivity contribution >= 4 is 17.2 Å². The molecule has 0 bridgehead atoms. The van der Waals surface area contributed by atoms with Crippen LogP contribution in [0.3, 0.4) is 0 Å². The highest BCUT2D eigenvalue weighted by Crippen LogP contribution is 2.14. The average molecular weight is 377 g/mol. The van der Waals surface area contributed by atoms with Crippen molar-refractivity contribution < 1.29 is 13.9 Å². The van der Waals surface area contributed by atoms with Gasteiger partial charge in [-0.1, -0.05) is 19.1 Å². The Kier molecular flexibility index (Phi) is 6.71. The molecule has 0 radical (unpaired) electrons. The zero-order chi connectivity index (χ0) is 18.4. The largest absolute Gasteiger partial charge is 0.379 e. The fourth-order valence-electron chi connectivity index (χ4n) is 2.89. The monoisotopic (exact) mass is 377 g/mol. The first kappa shape index (κ1) is 18.9. The number of benzene rings is 1. The highest BCUT2D eigenvalue weighted by Gasteiger charge is 2.15. The highest BCUT2D eigenvalue weighted by atomic mass is 32.1. The minimum atomic E-state index is -0.262. The predicted molar refractivity (Wildman–Crippen MR) is 99.3 cm³/mol. The van der Waals surface area contributed by atoms with Crippen LogP contribution in [0.1, 0.15) is 23.2 Å². The van der Waals surface area contributed by atoms with Crippen LogP contribution in [0.15, 0.2) is 29.6 Å². The molecule has 0 aliphatic carbocycles. The normalized spacial score (nSPS) is 16.4. The molecular formula is C19H24FN3O2S. The van der Waals surface area contributed by atoms with Crippen LogP contribution in [0, 0.1) is 11.7 Å². The zero-order valence-electron chi connectivity index (χ0n) is 14.9. The van der Waals surface area contributed by atoms with Crippen LogP contribution in [-0.4, -0.2) is 42.1 Å². The summed E-state index contributed by atoms with van der Waals surface area (Å²) in [5, 5.41) is 5.92. The number of carbonyl (C=O) groups is 1. The molecule has 3 rings (SSSR count). The Morgan fingerprint density at radius 1 is 1.35 bits per heavy atom. The Hall–Kier alpha value is -1.83. The van der Waals surface area contributed by atoms with E-state index in [1.165, 1.54) is 12.1 Å². The quantitative estimate of drug-likeness (QED) is 0.806. The second-order valence-corrected chi connectivity index (χ2v) is 7.51. The molecule has 0 spiro atoms. The molecule has 5 nitrogen and oxygen atoms in total. The van der Waals surface area contributed by atoms with Crippen LogP contribution in [0.5, 0.6) is 0 Å². The molecular weight excluding hydrogens is 353 g/mol. The molecule has 1 N–H and O–H groups in total. The van der Waals surface area contributed by atoms with Gasteiger partial charge in [-0.25, -0.2) is 9.37 Å². The summed E-state index contributed by atoms with van der Waals surface area (Å²) in [4.78, 5) is 19.2. The van der Waals surface area contributed by atoms with E-state index in [0.717, 1.165) is 49.1 Å². The van der Waals surface area contributed by atoms with E-state index in [2.05, 4.69) is 20.6 Å². The molecule has 26 heavy (non-hydrogen) atoms. The van der Waals surface area contributed by atoms with E-state index < -0.39 is 0 Å². The van der Waals surface area contributed by atoms with Crippen molar-refractivity contribution in [1.82, 2.24) is 15.2 Å². The molecule has 1 fully saturated rings. The fourth-order valence-corrected chi connectivity index (χ4v) is 3.62. The van der Waals surface area contributed by atoms with Gasteiger partial charge in [-0.2, -0.15) is 0 Å². The summed E-state index contributed by atoms with van der Waals surface area (Å²) in [5.74, 6) is -0.449. The predicted octanol–water partition coefficient (Wildman–Crippen LogP) is 2.61. The number of nitrogens with zero attached hydrogens (tertiary/aromatic N) is 2. The molecule has 1 atom stereocenters. The zero-order valence-corrected chi connectivity index (χ0v) is 15.7. The van der Waals surface area contributed by atoms with Crippen LogP contribution in [0.25, 0.3) is 0 Å². The molecule has 2 aromatic rings. The van der Waals surface area contributed by atoms with Crippen LogP contribution < -0.4 is 5.32 Å². The van der Waals surface area contributed by atoms with E-state index in [4.69, 9.17) is 4.74 Å². The van der Waals surface area contributed by atoms with Crippen molar-refractivity contribution in [3.8, 4) is 0 Å². The Morgan fingerprint density at radius 2 is 2.08 bits per heavy atom. The number of halogens is 1. The van der Waals surface area contributed by atoms with Gasteiger partial charge >= 0.3 is 0 Å². The lowest BCUT2D eigenvalue weighted by molar-refractivity contribution is -0.124. The summed E-state index contributed by atoms with van der Waals surface area (Å²) in [6, 6.07) is 6.28. The molecule has 1 aliphatic heterocycles. The number of ether oxygens (including phenoxy) is 1. The number of hydrogen-bond donors (Lipinski definition) is 1. The molecule has 1 unspecified atom stereocenters. The first-order valence-electron chi connectivity index (χ1n) is 8.85. The third-order valence-corrected chi connectivity index (χ3v) is 5.30. The Labute approximate surface area is 157 Å². The number of amides is 1. The van der Waals surface area contributed by atoms with Gasteiger partial charge in [-0.3, -0.25) is 9.69 Å². The van der Waals surface area contributed by atoms with Crippen LogP contribution in [0.4, 0.5) is 4.39 Å². The van der Waals surface area contributed by atoms with Gasteiger partial charge < -0.3 is 10.1 Å². The van der Waals surface area contributed by atoms with Gasteiger partial charge in [0, 0.05) is 30.9 Å². The number of aromatic nitrogens is 1. The molecule has 1 aromatic heterocycles. The summed E-state index contributed by atoms with van der Waals surface area (Å²) in [6.07, 6.45) is 0.590. The lowest BCUT2D eigenvalue weighted by atomic mass is 10.0. The topological polar surface area (TPSA) is 54.5 Å². The number of thiazole rings is 1. The Morgan fingerprint density at radius 3 is 2.81 bits per heavy atom. The molecule has 1 saturated heterocycles. The lowest BCUT2D eigenvalue weighted by Gasteiger charge is -2.25. The number of morpholine rings is 1. The minimum Gasteiger partial charge on any atom is -0.379 e. The van der Waals surface area contributed by atoms with Crippen LogP contribution in [0.2, 0.25) is 0 Å². The van der Waals surface area contributed by atoms with Crippen LogP contribution >= 0.6 is 11.3 Å². The smallest absolute Gasteiger partial charge is 0.223 e. The molecule has 2 heterocycles. The second kappa shape index (κ2) is 9.21. The molecule has 140 valence electrons. The first-order chi connectivity index (χ1) is 12.6.